The van der Waals surface area contributed by atoms with Gasteiger partial charge in [0.25, 0.3) is 0 Å². The van der Waals surface area contributed by atoms with Gasteiger partial charge in [0.1, 0.15) is 23.7 Å². The molecule has 0 saturated heterocycles. The van der Waals surface area contributed by atoms with E-state index in [4.69, 9.17) is 14.2 Å². The molecule has 2 aliphatic rings. The summed E-state index contributed by atoms with van der Waals surface area (Å²) in [7, 11) is 3.32. The molecule has 25 heavy (non-hydrogen) atoms. The van der Waals surface area contributed by atoms with Gasteiger partial charge < -0.3 is 19.1 Å². The van der Waals surface area contributed by atoms with Crippen molar-refractivity contribution in [2.75, 3.05) is 14.1 Å². The van der Waals surface area contributed by atoms with Crippen molar-refractivity contribution < 1.29 is 19.0 Å². The topological polar surface area (TPSA) is 60.9 Å². The summed E-state index contributed by atoms with van der Waals surface area (Å²) < 4.78 is 16.5. The maximum atomic E-state index is 10.9. The summed E-state index contributed by atoms with van der Waals surface area (Å²) >= 11 is 0. The van der Waals surface area contributed by atoms with Gasteiger partial charge in [-0.15, -0.1) is 0 Å². The number of hydrogen-bond acceptors (Lipinski definition) is 5. The van der Waals surface area contributed by atoms with Crippen molar-refractivity contribution in [3.05, 3.63) is 47.7 Å². The van der Waals surface area contributed by atoms with Crippen molar-refractivity contribution in [2.45, 2.75) is 45.8 Å². The molecular formula is C19H26N2O4. The standard InChI is InChI=1S/C12H11NO2.C7H15NO2/c1-2-4-12-11(3-1)14-8-9-7-13-6-5-10(9)15-12;1-7(2,3)10-6(9)8(4)5/h1,3,5-7H,2,4,8H2;1-5H3. The first kappa shape index (κ1) is 18.8. The highest BCUT2D eigenvalue weighted by atomic mass is 16.6. The molecule has 0 N–H and O–H groups in total. The van der Waals surface area contributed by atoms with E-state index < -0.39 is 0 Å². The number of allylic oxidation sites excluding steroid dienone is 3. The second-order valence-electron chi connectivity index (χ2n) is 6.98. The van der Waals surface area contributed by atoms with E-state index in [9.17, 15) is 4.79 Å². The van der Waals surface area contributed by atoms with Gasteiger partial charge in [-0.25, -0.2) is 4.79 Å². The number of ether oxygens (including phenoxy) is 3. The molecule has 1 aliphatic heterocycles. The summed E-state index contributed by atoms with van der Waals surface area (Å²) in [6.07, 6.45) is 9.25. The molecule has 0 fully saturated rings. The van der Waals surface area contributed by atoms with E-state index in [-0.39, 0.29) is 11.7 Å². The fourth-order valence-electron chi connectivity index (χ4n) is 2.11. The van der Waals surface area contributed by atoms with Crippen molar-refractivity contribution in [1.29, 1.82) is 0 Å². The van der Waals surface area contributed by atoms with Gasteiger partial charge in [-0.2, -0.15) is 0 Å². The van der Waals surface area contributed by atoms with Gasteiger partial charge in [0.2, 0.25) is 0 Å². The zero-order valence-corrected chi connectivity index (χ0v) is 15.5. The van der Waals surface area contributed by atoms with Crippen LogP contribution in [-0.4, -0.2) is 35.7 Å². The van der Waals surface area contributed by atoms with Crippen LogP contribution in [0.25, 0.3) is 0 Å². The summed E-state index contributed by atoms with van der Waals surface area (Å²) in [6.45, 7) is 6.06. The van der Waals surface area contributed by atoms with E-state index in [1.165, 1.54) is 4.90 Å². The molecule has 1 amide bonds. The first-order valence-electron chi connectivity index (χ1n) is 8.30. The van der Waals surface area contributed by atoms with Crippen LogP contribution in [-0.2, 0) is 16.1 Å². The molecule has 0 bridgehead atoms. The van der Waals surface area contributed by atoms with Crippen LogP contribution in [0.5, 0.6) is 5.75 Å². The molecule has 1 aromatic rings. The molecule has 0 saturated carbocycles. The largest absolute Gasteiger partial charge is 0.485 e. The van der Waals surface area contributed by atoms with Gasteiger partial charge in [0, 0.05) is 32.9 Å². The third-order valence-electron chi connectivity index (χ3n) is 3.32. The lowest BCUT2D eigenvalue weighted by Crippen LogP contribution is -2.31. The minimum absolute atomic E-state index is 0.299. The second kappa shape index (κ2) is 8.05. The maximum absolute atomic E-state index is 10.9. The van der Waals surface area contributed by atoms with Crippen LogP contribution in [0.2, 0.25) is 0 Å². The molecule has 3 rings (SSSR count). The molecule has 136 valence electrons. The first-order chi connectivity index (χ1) is 11.8. The van der Waals surface area contributed by atoms with Crippen LogP contribution in [0.1, 0.15) is 39.2 Å². The predicted octanol–water partition coefficient (Wildman–Crippen LogP) is 4.04. The lowest BCUT2D eigenvalue weighted by molar-refractivity contribution is 0.0341. The first-order valence-corrected chi connectivity index (χ1v) is 8.30. The van der Waals surface area contributed by atoms with Crippen molar-refractivity contribution in [3.63, 3.8) is 0 Å². The van der Waals surface area contributed by atoms with Crippen molar-refractivity contribution in [1.82, 2.24) is 9.88 Å². The van der Waals surface area contributed by atoms with Crippen LogP contribution < -0.4 is 4.74 Å². The Balaban J connectivity index is 0.000000199. The Kier molecular flexibility index (Phi) is 6.07. The Morgan fingerprint density at radius 3 is 2.72 bits per heavy atom. The van der Waals surface area contributed by atoms with Gasteiger partial charge >= 0.3 is 6.09 Å². The number of carbonyl (C=O) groups excluding carboxylic acids is 1. The van der Waals surface area contributed by atoms with Crippen LogP contribution in [0.15, 0.2) is 42.1 Å². The van der Waals surface area contributed by atoms with Crippen molar-refractivity contribution >= 4 is 6.09 Å². The van der Waals surface area contributed by atoms with Gasteiger partial charge in [0.15, 0.2) is 5.76 Å². The fourth-order valence-corrected chi connectivity index (χ4v) is 2.11. The van der Waals surface area contributed by atoms with Gasteiger partial charge in [0.05, 0.1) is 5.56 Å². The highest BCUT2D eigenvalue weighted by molar-refractivity contribution is 5.67. The molecule has 2 heterocycles. The van der Waals surface area contributed by atoms with Crippen LogP contribution >= 0.6 is 0 Å². The molecule has 6 heteroatoms. The normalized spacial score (nSPS) is 15.4. The fraction of sp³-hybridized carbons (Fsp3) is 0.474. The van der Waals surface area contributed by atoms with Crippen LogP contribution in [0.4, 0.5) is 4.79 Å². The number of hydrogen-bond donors (Lipinski definition) is 0. The molecule has 1 aliphatic carbocycles. The quantitative estimate of drug-likeness (QED) is 0.709. The summed E-state index contributed by atoms with van der Waals surface area (Å²) in [5.41, 5.74) is 0.613. The summed E-state index contributed by atoms with van der Waals surface area (Å²) in [5, 5.41) is 0. The van der Waals surface area contributed by atoms with E-state index in [0.29, 0.717) is 6.61 Å². The molecule has 0 spiro atoms. The van der Waals surface area contributed by atoms with Gasteiger partial charge in [-0.3, -0.25) is 4.98 Å². The Hall–Kier alpha value is -2.50. The Morgan fingerprint density at radius 1 is 1.32 bits per heavy atom. The zero-order valence-electron chi connectivity index (χ0n) is 15.5. The van der Waals surface area contributed by atoms with E-state index in [1.54, 1.807) is 26.5 Å². The molecule has 0 unspecified atom stereocenters. The Bertz CT molecular complexity index is 672. The molecule has 1 aromatic heterocycles. The summed E-state index contributed by atoms with van der Waals surface area (Å²) in [6, 6.07) is 1.88. The highest BCUT2D eigenvalue weighted by Crippen LogP contribution is 2.30. The van der Waals surface area contributed by atoms with Gasteiger partial charge in [-0.05, 0) is 39.3 Å². The molecule has 6 nitrogen and oxygen atoms in total. The van der Waals surface area contributed by atoms with Crippen LogP contribution in [0.3, 0.4) is 0 Å². The minimum atomic E-state index is -0.388. The summed E-state index contributed by atoms with van der Waals surface area (Å²) in [4.78, 5) is 16.3. The third-order valence-corrected chi connectivity index (χ3v) is 3.32. The van der Waals surface area contributed by atoms with E-state index in [1.807, 2.05) is 32.9 Å². The predicted molar refractivity (Wildman–Crippen MR) is 95.0 cm³/mol. The average Bonchev–Trinajstić information content (AvgIpc) is 2.73. The number of rotatable bonds is 0. The smallest absolute Gasteiger partial charge is 0.409 e. The zero-order chi connectivity index (χ0) is 18.4. The number of nitrogens with zero attached hydrogens (tertiary/aromatic N) is 2. The Morgan fingerprint density at radius 2 is 2.08 bits per heavy atom. The van der Waals surface area contributed by atoms with E-state index >= 15 is 0 Å². The minimum Gasteiger partial charge on any atom is -0.485 e. The Labute approximate surface area is 149 Å². The van der Waals surface area contributed by atoms with Gasteiger partial charge in [-0.1, -0.05) is 6.08 Å². The lowest BCUT2D eigenvalue weighted by Gasteiger charge is -2.22. The average molecular weight is 346 g/mol. The second-order valence-corrected chi connectivity index (χ2v) is 6.98. The number of fused-ring (bicyclic) bond motifs is 1. The lowest BCUT2D eigenvalue weighted by atomic mass is 10.1. The molecule has 0 atom stereocenters. The highest BCUT2D eigenvalue weighted by Gasteiger charge is 2.18. The number of pyridine rings is 1. The maximum Gasteiger partial charge on any atom is 0.409 e. The third kappa shape index (κ3) is 5.81. The number of aromatic nitrogens is 1. The number of carbonyl (C=O) groups is 1. The van der Waals surface area contributed by atoms with Crippen molar-refractivity contribution in [3.8, 4) is 5.75 Å². The van der Waals surface area contributed by atoms with Crippen molar-refractivity contribution in [2.24, 2.45) is 0 Å². The van der Waals surface area contributed by atoms with E-state index in [0.717, 1.165) is 35.7 Å². The molecule has 0 radical (unpaired) electrons. The molecule has 0 aromatic carbocycles. The van der Waals surface area contributed by atoms with Crippen LogP contribution in [0, 0.1) is 0 Å². The summed E-state index contributed by atoms with van der Waals surface area (Å²) in [5.74, 6) is 2.66. The van der Waals surface area contributed by atoms with E-state index in [2.05, 4.69) is 11.1 Å². The monoisotopic (exact) mass is 346 g/mol. The molecular weight excluding hydrogens is 320 g/mol. The SMILES string of the molecule is C1=CC2=C(CC1)Oc1ccncc1CO2.CN(C)C(=O)OC(C)(C)C. The number of amides is 1.